The molecule has 1 N–H and O–H groups in total. The molecule has 6 heteroatoms. The highest BCUT2D eigenvalue weighted by Crippen LogP contribution is 2.27. The third kappa shape index (κ3) is 2.79. The monoisotopic (exact) mass is 350 g/mol. The minimum Gasteiger partial charge on any atom is -0.478 e. The third-order valence-electron chi connectivity index (χ3n) is 4.53. The average Bonchev–Trinajstić information content (AvgIpc) is 2.64. The van der Waals surface area contributed by atoms with Crippen molar-refractivity contribution in [2.45, 2.75) is 19.4 Å². The molecule has 1 aliphatic rings. The number of carboxylic acid groups (broad SMARTS) is 1. The molecule has 2 heterocycles. The molecule has 0 unspecified atom stereocenters. The van der Waals surface area contributed by atoms with Crippen molar-refractivity contribution in [1.29, 1.82) is 0 Å². The molecule has 0 spiro atoms. The van der Waals surface area contributed by atoms with Gasteiger partial charge in [-0.25, -0.2) is 14.2 Å². The summed E-state index contributed by atoms with van der Waals surface area (Å²) in [5.41, 5.74) is 2.04. The number of carbonyl (C=O) groups is 1. The van der Waals surface area contributed by atoms with Gasteiger partial charge in [0.2, 0.25) is 0 Å². The van der Waals surface area contributed by atoms with Gasteiger partial charge in [0.25, 0.3) is 5.56 Å². The van der Waals surface area contributed by atoms with E-state index in [1.54, 1.807) is 22.8 Å². The molecule has 0 saturated carbocycles. The summed E-state index contributed by atoms with van der Waals surface area (Å²) in [4.78, 5) is 28.6. The molecule has 0 bridgehead atoms. The summed E-state index contributed by atoms with van der Waals surface area (Å²) in [6.07, 6.45) is 3.46. The molecule has 5 nitrogen and oxygen atoms in total. The highest BCUT2D eigenvalue weighted by Gasteiger charge is 2.19. The van der Waals surface area contributed by atoms with Gasteiger partial charge in [-0.2, -0.15) is 0 Å². The van der Waals surface area contributed by atoms with Crippen molar-refractivity contribution in [2.24, 2.45) is 0 Å². The predicted molar refractivity (Wildman–Crippen MR) is 96.5 cm³/mol. The molecular weight excluding hydrogens is 335 g/mol. The number of carboxylic acids is 1. The maximum atomic E-state index is 13.1. The number of aromatic nitrogens is 2. The number of fused-ring (bicyclic) bond motifs is 2. The third-order valence-corrected chi connectivity index (χ3v) is 4.53. The average molecular weight is 350 g/mol. The Morgan fingerprint density at radius 3 is 2.69 bits per heavy atom. The van der Waals surface area contributed by atoms with Crippen LogP contribution in [0.15, 0.2) is 47.3 Å². The molecule has 0 amide bonds. The van der Waals surface area contributed by atoms with Crippen LogP contribution in [0.2, 0.25) is 0 Å². The second-order valence-electron chi connectivity index (χ2n) is 6.25. The standard InChI is InChI=1S/C20H15FN2O3/c21-15-6-3-12(4-7-15)10-13-2-1-9-23-18(13)22-17-8-5-14(20(25)26)11-16(17)19(23)24/h3-8,10-11H,1-2,9H2,(H,25,26). The Bertz CT molecular complexity index is 1110. The minimum absolute atomic E-state index is 0.0647. The predicted octanol–water partition coefficient (Wildman–Crippen LogP) is 3.57. The van der Waals surface area contributed by atoms with Crippen LogP contribution in [0.1, 0.15) is 34.6 Å². The first-order chi connectivity index (χ1) is 12.5. The fraction of sp³-hybridized carbons (Fsp3) is 0.150. The van der Waals surface area contributed by atoms with E-state index in [0.717, 1.165) is 24.0 Å². The van der Waals surface area contributed by atoms with Gasteiger partial charge >= 0.3 is 5.97 Å². The van der Waals surface area contributed by atoms with Crippen LogP contribution < -0.4 is 5.56 Å². The van der Waals surface area contributed by atoms with Crippen molar-refractivity contribution < 1.29 is 14.3 Å². The van der Waals surface area contributed by atoms with Gasteiger partial charge in [0.05, 0.1) is 16.5 Å². The van der Waals surface area contributed by atoms with Crippen LogP contribution >= 0.6 is 0 Å². The maximum Gasteiger partial charge on any atom is 0.335 e. The molecule has 1 aliphatic heterocycles. The molecule has 26 heavy (non-hydrogen) atoms. The zero-order valence-corrected chi connectivity index (χ0v) is 13.8. The SMILES string of the molecule is O=C(O)c1ccc2nc3n(c(=O)c2c1)CCCC3=Cc1ccc(F)cc1. The van der Waals surface area contributed by atoms with Crippen molar-refractivity contribution >= 4 is 28.5 Å². The van der Waals surface area contributed by atoms with Crippen LogP contribution in [0.3, 0.4) is 0 Å². The number of rotatable bonds is 2. The smallest absolute Gasteiger partial charge is 0.335 e. The van der Waals surface area contributed by atoms with E-state index < -0.39 is 5.97 Å². The molecule has 4 rings (SSSR count). The number of aromatic carboxylic acids is 1. The van der Waals surface area contributed by atoms with Crippen LogP contribution in [0, 0.1) is 5.82 Å². The molecule has 3 aromatic rings. The number of hydrogen-bond acceptors (Lipinski definition) is 3. The Balaban J connectivity index is 1.89. The van der Waals surface area contributed by atoms with Gasteiger partial charge in [0.1, 0.15) is 11.6 Å². The zero-order chi connectivity index (χ0) is 18.3. The van der Waals surface area contributed by atoms with Gasteiger partial charge in [-0.1, -0.05) is 12.1 Å². The van der Waals surface area contributed by atoms with E-state index in [-0.39, 0.29) is 16.9 Å². The first kappa shape index (κ1) is 16.2. The molecule has 2 aromatic carbocycles. The largest absolute Gasteiger partial charge is 0.478 e. The van der Waals surface area contributed by atoms with Gasteiger partial charge in [0.15, 0.2) is 0 Å². The first-order valence-electron chi connectivity index (χ1n) is 8.27. The lowest BCUT2D eigenvalue weighted by Gasteiger charge is -2.21. The van der Waals surface area contributed by atoms with Crippen LogP contribution in [-0.2, 0) is 6.54 Å². The summed E-state index contributed by atoms with van der Waals surface area (Å²) in [5, 5.41) is 9.44. The Hall–Kier alpha value is -3.28. The summed E-state index contributed by atoms with van der Waals surface area (Å²) in [5.74, 6) is -0.794. The fourth-order valence-corrected chi connectivity index (χ4v) is 3.24. The lowest BCUT2D eigenvalue weighted by atomic mass is 10.0. The summed E-state index contributed by atoms with van der Waals surface area (Å²) >= 11 is 0. The second-order valence-corrected chi connectivity index (χ2v) is 6.25. The van der Waals surface area contributed by atoms with Crippen LogP contribution in [0.4, 0.5) is 4.39 Å². The molecule has 0 atom stereocenters. The minimum atomic E-state index is -1.08. The topological polar surface area (TPSA) is 72.2 Å². The van der Waals surface area contributed by atoms with Crippen LogP contribution in [0.5, 0.6) is 0 Å². The van der Waals surface area contributed by atoms with E-state index in [9.17, 15) is 14.0 Å². The number of allylic oxidation sites excluding steroid dienone is 1. The quantitative estimate of drug-likeness (QED) is 0.767. The molecular formula is C20H15FN2O3. The Morgan fingerprint density at radius 1 is 1.19 bits per heavy atom. The first-order valence-corrected chi connectivity index (χ1v) is 8.27. The van der Waals surface area contributed by atoms with Crippen molar-refractivity contribution in [3.05, 3.63) is 75.6 Å². The van der Waals surface area contributed by atoms with Gasteiger partial charge in [-0.15, -0.1) is 0 Å². The second kappa shape index (κ2) is 6.22. The van der Waals surface area contributed by atoms with E-state index in [1.165, 1.54) is 24.3 Å². The Labute approximate surface area is 148 Å². The van der Waals surface area contributed by atoms with Gasteiger partial charge in [-0.05, 0) is 60.4 Å². The van der Waals surface area contributed by atoms with Crippen LogP contribution in [0.25, 0.3) is 22.6 Å². The van der Waals surface area contributed by atoms with E-state index in [2.05, 4.69) is 4.98 Å². The molecule has 130 valence electrons. The molecule has 0 fully saturated rings. The van der Waals surface area contributed by atoms with E-state index in [0.29, 0.717) is 23.3 Å². The highest BCUT2D eigenvalue weighted by molar-refractivity contribution is 5.93. The van der Waals surface area contributed by atoms with Gasteiger partial charge < -0.3 is 5.11 Å². The zero-order valence-electron chi connectivity index (χ0n) is 13.8. The van der Waals surface area contributed by atoms with Crippen molar-refractivity contribution in [1.82, 2.24) is 9.55 Å². The molecule has 0 radical (unpaired) electrons. The van der Waals surface area contributed by atoms with E-state index >= 15 is 0 Å². The van der Waals surface area contributed by atoms with Crippen molar-refractivity contribution in [2.75, 3.05) is 0 Å². The lowest BCUT2D eigenvalue weighted by molar-refractivity contribution is 0.0697. The maximum absolute atomic E-state index is 13.1. The lowest BCUT2D eigenvalue weighted by Crippen LogP contribution is -2.28. The summed E-state index contributed by atoms with van der Waals surface area (Å²) in [6, 6.07) is 10.5. The number of hydrogen-bond donors (Lipinski definition) is 1. The van der Waals surface area contributed by atoms with Gasteiger partial charge in [0, 0.05) is 6.54 Å². The van der Waals surface area contributed by atoms with Crippen LogP contribution in [-0.4, -0.2) is 20.6 Å². The number of halogens is 1. The number of benzene rings is 2. The number of nitrogens with zero attached hydrogens (tertiary/aromatic N) is 2. The molecule has 0 saturated heterocycles. The Morgan fingerprint density at radius 2 is 1.96 bits per heavy atom. The fourth-order valence-electron chi connectivity index (χ4n) is 3.24. The summed E-state index contributed by atoms with van der Waals surface area (Å²) in [7, 11) is 0. The van der Waals surface area contributed by atoms with Gasteiger partial charge in [-0.3, -0.25) is 9.36 Å². The Kier molecular flexibility index (Phi) is 3.88. The summed E-state index contributed by atoms with van der Waals surface area (Å²) < 4.78 is 14.7. The van der Waals surface area contributed by atoms with E-state index in [4.69, 9.17) is 5.11 Å². The van der Waals surface area contributed by atoms with E-state index in [1.807, 2.05) is 6.08 Å². The van der Waals surface area contributed by atoms with Crippen molar-refractivity contribution in [3.63, 3.8) is 0 Å². The summed E-state index contributed by atoms with van der Waals surface area (Å²) in [6.45, 7) is 0.537. The molecule has 1 aromatic heterocycles. The highest BCUT2D eigenvalue weighted by atomic mass is 19.1. The van der Waals surface area contributed by atoms with Crippen molar-refractivity contribution in [3.8, 4) is 0 Å². The normalized spacial score (nSPS) is 15.2. The molecule has 0 aliphatic carbocycles.